The van der Waals surface area contributed by atoms with E-state index in [4.69, 9.17) is 9.15 Å². The van der Waals surface area contributed by atoms with E-state index in [2.05, 4.69) is 0 Å². The molecular formula is C19H16O4. The fraction of sp³-hybridized carbons (Fsp3) is 0.158. The van der Waals surface area contributed by atoms with Crippen LogP contribution < -0.4 is 10.4 Å². The van der Waals surface area contributed by atoms with Gasteiger partial charge in [0, 0.05) is 23.1 Å². The van der Waals surface area contributed by atoms with Crippen molar-refractivity contribution in [3.63, 3.8) is 0 Å². The maximum absolute atomic E-state index is 12.1. The maximum Gasteiger partial charge on any atom is 0.336 e. The minimum absolute atomic E-state index is 0.0645. The first-order valence-electron chi connectivity index (χ1n) is 7.31. The molecule has 0 saturated heterocycles. The van der Waals surface area contributed by atoms with Crippen molar-refractivity contribution in [1.29, 1.82) is 0 Å². The zero-order chi connectivity index (χ0) is 16.4. The molecule has 0 fully saturated rings. The minimum atomic E-state index is -0.396. The fourth-order valence-corrected chi connectivity index (χ4v) is 2.64. The van der Waals surface area contributed by atoms with Crippen LogP contribution in [0, 0.1) is 13.8 Å². The van der Waals surface area contributed by atoms with Crippen molar-refractivity contribution >= 4 is 16.8 Å². The molecule has 0 bridgehead atoms. The van der Waals surface area contributed by atoms with Crippen LogP contribution in [-0.2, 0) is 0 Å². The van der Waals surface area contributed by atoms with Gasteiger partial charge in [-0.1, -0.05) is 30.3 Å². The van der Waals surface area contributed by atoms with Crippen molar-refractivity contribution in [3.8, 4) is 5.75 Å². The van der Waals surface area contributed by atoms with E-state index in [-0.39, 0.29) is 12.4 Å². The summed E-state index contributed by atoms with van der Waals surface area (Å²) >= 11 is 0. The summed E-state index contributed by atoms with van der Waals surface area (Å²) in [5.74, 6) is 0.405. The van der Waals surface area contributed by atoms with Gasteiger partial charge in [0.05, 0.1) is 0 Å². The molecular weight excluding hydrogens is 292 g/mol. The summed E-state index contributed by atoms with van der Waals surface area (Å²) in [5, 5.41) is 0.895. The van der Waals surface area contributed by atoms with E-state index in [1.165, 1.54) is 6.07 Å². The topological polar surface area (TPSA) is 56.5 Å². The quantitative estimate of drug-likeness (QED) is 0.545. The number of rotatable bonds is 4. The molecule has 2 aromatic carbocycles. The molecule has 0 amide bonds. The monoisotopic (exact) mass is 308 g/mol. The number of benzene rings is 2. The molecule has 1 heterocycles. The molecule has 4 nitrogen and oxygen atoms in total. The van der Waals surface area contributed by atoms with Gasteiger partial charge in [0.25, 0.3) is 0 Å². The van der Waals surface area contributed by atoms with Gasteiger partial charge in [-0.3, -0.25) is 4.79 Å². The van der Waals surface area contributed by atoms with Crippen molar-refractivity contribution in [3.05, 3.63) is 75.6 Å². The van der Waals surface area contributed by atoms with Crippen molar-refractivity contribution in [2.75, 3.05) is 6.61 Å². The van der Waals surface area contributed by atoms with Gasteiger partial charge in [-0.25, -0.2) is 4.79 Å². The second kappa shape index (κ2) is 6.08. The van der Waals surface area contributed by atoms with Crippen LogP contribution in [0.3, 0.4) is 0 Å². The molecule has 0 radical (unpaired) electrons. The smallest absolute Gasteiger partial charge is 0.336 e. The lowest BCUT2D eigenvalue weighted by Crippen LogP contribution is -2.11. The molecule has 0 aliphatic carbocycles. The Morgan fingerprint density at radius 2 is 1.74 bits per heavy atom. The molecule has 0 atom stereocenters. The minimum Gasteiger partial charge on any atom is -0.485 e. The van der Waals surface area contributed by atoms with Gasteiger partial charge in [0.2, 0.25) is 0 Å². The molecule has 0 aliphatic heterocycles. The number of carbonyl (C=O) groups is 1. The van der Waals surface area contributed by atoms with E-state index in [0.29, 0.717) is 16.9 Å². The van der Waals surface area contributed by atoms with Crippen LogP contribution in [0.5, 0.6) is 5.75 Å². The van der Waals surface area contributed by atoms with Crippen molar-refractivity contribution in [1.82, 2.24) is 0 Å². The molecule has 0 saturated carbocycles. The van der Waals surface area contributed by atoms with Crippen molar-refractivity contribution < 1.29 is 13.9 Å². The highest BCUT2D eigenvalue weighted by Gasteiger charge is 2.10. The van der Waals surface area contributed by atoms with Gasteiger partial charge in [-0.05, 0) is 31.0 Å². The second-order valence-corrected chi connectivity index (χ2v) is 5.44. The molecule has 116 valence electrons. The largest absolute Gasteiger partial charge is 0.485 e. The molecule has 4 heteroatoms. The highest BCUT2D eigenvalue weighted by Crippen LogP contribution is 2.26. The predicted octanol–water partition coefficient (Wildman–Crippen LogP) is 3.67. The van der Waals surface area contributed by atoms with Crippen LogP contribution >= 0.6 is 0 Å². The molecule has 3 aromatic rings. The van der Waals surface area contributed by atoms with Crippen LogP contribution in [0.1, 0.15) is 21.5 Å². The van der Waals surface area contributed by atoms with Crippen molar-refractivity contribution in [2.24, 2.45) is 0 Å². The van der Waals surface area contributed by atoms with Gasteiger partial charge >= 0.3 is 5.63 Å². The molecule has 0 aliphatic rings. The lowest BCUT2D eigenvalue weighted by molar-refractivity contribution is 0.0921. The van der Waals surface area contributed by atoms with Gasteiger partial charge in [-0.2, -0.15) is 0 Å². The molecule has 23 heavy (non-hydrogen) atoms. The van der Waals surface area contributed by atoms with Crippen LogP contribution in [0.25, 0.3) is 11.0 Å². The third kappa shape index (κ3) is 3.16. The van der Waals surface area contributed by atoms with Crippen molar-refractivity contribution in [2.45, 2.75) is 13.8 Å². The highest BCUT2D eigenvalue weighted by atomic mass is 16.5. The first-order valence-corrected chi connectivity index (χ1v) is 7.31. The Balaban J connectivity index is 1.87. The van der Waals surface area contributed by atoms with E-state index in [1.54, 1.807) is 18.2 Å². The van der Waals surface area contributed by atoms with Gasteiger partial charge in [-0.15, -0.1) is 0 Å². The van der Waals surface area contributed by atoms with E-state index in [1.807, 2.05) is 38.1 Å². The summed E-state index contributed by atoms with van der Waals surface area (Å²) in [6.45, 7) is 3.72. The zero-order valence-electron chi connectivity index (χ0n) is 13.0. The van der Waals surface area contributed by atoms with Crippen LogP contribution in [0.2, 0.25) is 0 Å². The molecule has 3 rings (SSSR count). The number of hydrogen-bond donors (Lipinski definition) is 0. The Labute approximate surface area is 133 Å². The number of carbonyl (C=O) groups excluding carboxylic acids is 1. The summed E-state index contributed by atoms with van der Waals surface area (Å²) in [7, 11) is 0. The third-order valence-corrected chi connectivity index (χ3v) is 3.68. The lowest BCUT2D eigenvalue weighted by Gasteiger charge is -2.09. The lowest BCUT2D eigenvalue weighted by atomic mass is 10.1. The Bertz CT molecular complexity index is 923. The number of ether oxygens (including phenoxy) is 1. The summed E-state index contributed by atoms with van der Waals surface area (Å²) in [6, 6.07) is 13.9. The van der Waals surface area contributed by atoms with Gasteiger partial charge < -0.3 is 9.15 Å². The predicted molar refractivity (Wildman–Crippen MR) is 88.2 cm³/mol. The Morgan fingerprint density at radius 3 is 2.48 bits per heavy atom. The standard InChI is InChI=1S/C19H16O4/c1-12-8-15(10-17-19(12)13(2)9-18(21)23-17)22-11-16(20)14-6-4-3-5-7-14/h3-10H,11H2,1-2H3. The number of aryl methyl sites for hydroxylation is 2. The first kappa shape index (κ1) is 15.0. The molecule has 0 unspecified atom stereocenters. The molecule has 0 spiro atoms. The maximum atomic E-state index is 12.1. The molecule has 0 N–H and O–H groups in total. The van der Waals surface area contributed by atoms with Crippen LogP contribution in [0.15, 0.2) is 57.7 Å². The normalized spacial score (nSPS) is 10.7. The number of hydrogen-bond acceptors (Lipinski definition) is 4. The van der Waals surface area contributed by atoms with Crippen LogP contribution in [-0.4, -0.2) is 12.4 Å². The Morgan fingerprint density at radius 1 is 1.04 bits per heavy atom. The average Bonchev–Trinajstić information content (AvgIpc) is 2.52. The average molecular weight is 308 g/mol. The fourth-order valence-electron chi connectivity index (χ4n) is 2.64. The van der Waals surface area contributed by atoms with E-state index in [0.717, 1.165) is 16.5 Å². The summed E-state index contributed by atoms with van der Waals surface area (Å²) in [5.41, 5.74) is 2.48. The Hall–Kier alpha value is -2.88. The zero-order valence-corrected chi connectivity index (χ0v) is 13.0. The SMILES string of the molecule is Cc1cc(OCC(=O)c2ccccc2)cc2oc(=O)cc(C)c12. The molecule has 1 aromatic heterocycles. The van der Waals surface area contributed by atoms with Gasteiger partial charge in [0.1, 0.15) is 11.3 Å². The van der Waals surface area contributed by atoms with E-state index >= 15 is 0 Å². The Kier molecular flexibility index (Phi) is 3.98. The summed E-state index contributed by atoms with van der Waals surface area (Å²) < 4.78 is 10.8. The number of fused-ring (bicyclic) bond motifs is 1. The van der Waals surface area contributed by atoms with Gasteiger partial charge in [0.15, 0.2) is 12.4 Å². The number of Topliss-reactive ketones (excluding diaryl/α,β-unsaturated/α-hetero) is 1. The van der Waals surface area contributed by atoms with E-state index < -0.39 is 5.63 Å². The van der Waals surface area contributed by atoms with Crippen LogP contribution in [0.4, 0.5) is 0 Å². The first-order chi connectivity index (χ1) is 11.0. The third-order valence-electron chi connectivity index (χ3n) is 3.68. The number of ketones is 1. The second-order valence-electron chi connectivity index (χ2n) is 5.44. The summed E-state index contributed by atoms with van der Waals surface area (Å²) in [6.07, 6.45) is 0. The van der Waals surface area contributed by atoms with E-state index in [9.17, 15) is 9.59 Å². The summed E-state index contributed by atoms with van der Waals surface area (Å²) in [4.78, 5) is 23.6. The highest BCUT2D eigenvalue weighted by molar-refractivity contribution is 5.97.